The molecule has 0 saturated heterocycles. The molecule has 0 radical (unpaired) electrons. The van der Waals surface area contributed by atoms with Crippen LogP contribution in [0.3, 0.4) is 0 Å². The molecule has 74 valence electrons. The second-order valence-electron chi connectivity index (χ2n) is 3.35. The minimum Gasteiger partial charge on any atom is -0.259 e. The molecular formula is C11H13NO2. The third-order valence-electron chi connectivity index (χ3n) is 2.18. The lowest BCUT2D eigenvalue weighted by molar-refractivity contribution is -0.422. The summed E-state index contributed by atoms with van der Waals surface area (Å²) >= 11 is 0. The number of allylic oxidation sites excluding steroid dienone is 1. The van der Waals surface area contributed by atoms with Gasteiger partial charge >= 0.3 is 0 Å². The van der Waals surface area contributed by atoms with Crippen LogP contribution in [0.4, 0.5) is 0 Å². The normalized spacial score (nSPS) is 11.5. The molecule has 0 N–H and O–H groups in total. The van der Waals surface area contributed by atoms with Crippen LogP contribution in [0.1, 0.15) is 23.6 Å². The summed E-state index contributed by atoms with van der Waals surface area (Å²) in [5, 5.41) is 10.5. The van der Waals surface area contributed by atoms with Crippen LogP contribution in [-0.4, -0.2) is 4.92 Å². The highest BCUT2D eigenvalue weighted by Crippen LogP contribution is 2.16. The van der Waals surface area contributed by atoms with Gasteiger partial charge in [0.05, 0.1) is 4.92 Å². The summed E-state index contributed by atoms with van der Waals surface area (Å²) in [4.78, 5) is 10.1. The number of hydrogen-bond donors (Lipinski definition) is 0. The van der Waals surface area contributed by atoms with E-state index in [2.05, 4.69) is 0 Å². The maximum Gasteiger partial charge on any atom is 0.243 e. The lowest BCUT2D eigenvalue weighted by Gasteiger charge is -2.03. The molecule has 0 aliphatic heterocycles. The number of benzene rings is 1. The van der Waals surface area contributed by atoms with Crippen molar-refractivity contribution in [2.45, 2.75) is 20.8 Å². The molecule has 0 atom stereocenters. The Morgan fingerprint density at radius 3 is 2.29 bits per heavy atom. The summed E-state index contributed by atoms with van der Waals surface area (Å²) in [5.41, 5.74) is 3.24. The molecule has 0 fully saturated rings. The highest BCUT2D eigenvalue weighted by atomic mass is 16.6. The number of aryl methyl sites for hydroxylation is 2. The van der Waals surface area contributed by atoms with Gasteiger partial charge in [-0.05, 0) is 30.5 Å². The van der Waals surface area contributed by atoms with Crippen molar-refractivity contribution in [3.8, 4) is 0 Å². The van der Waals surface area contributed by atoms with Crippen LogP contribution in [0.25, 0.3) is 6.08 Å². The number of nitro groups is 1. The Hall–Kier alpha value is -1.64. The Labute approximate surface area is 83.2 Å². The molecule has 1 aromatic carbocycles. The first-order valence-corrected chi connectivity index (χ1v) is 4.41. The van der Waals surface area contributed by atoms with E-state index < -0.39 is 0 Å². The minimum atomic E-state index is -0.369. The fourth-order valence-corrected chi connectivity index (χ4v) is 1.32. The zero-order valence-electron chi connectivity index (χ0n) is 8.57. The Morgan fingerprint density at radius 2 is 1.86 bits per heavy atom. The van der Waals surface area contributed by atoms with E-state index >= 15 is 0 Å². The molecule has 3 nitrogen and oxygen atoms in total. The molecule has 0 amide bonds. The van der Waals surface area contributed by atoms with E-state index in [4.69, 9.17) is 0 Å². The van der Waals surface area contributed by atoms with Crippen molar-refractivity contribution in [2.24, 2.45) is 0 Å². The second kappa shape index (κ2) is 4.05. The minimum absolute atomic E-state index is 0.169. The van der Waals surface area contributed by atoms with Crippen LogP contribution >= 0.6 is 0 Å². The molecule has 14 heavy (non-hydrogen) atoms. The first kappa shape index (κ1) is 10.4. The van der Waals surface area contributed by atoms with Crippen LogP contribution in [0.5, 0.6) is 0 Å². The second-order valence-corrected chi connectivity index (χ2v) is 3.35. The van der Waals surface area contributed by atoms with Crippen LogP contribution in [0.2, 0.25) is 0 Å². The van der Waals surface area contributed by atoms with Gasteiger partial charge in [-0.1, -0.05) is 18.2 Å². The number of rotatable bonds is 2. The van der Waals surface area contributed by atoms with E-state index in [0.717, 1.165) is 16.7 Å². The van der Waals surface area contributed by atoms with Crippen molar-refractivity contribution < 1.29 is 4.92 Å². The lowest BCUT2D eigenvalue weighted by atomic mass is 10.0. The standard InChI is InChI=1S/C11H13NO2/c1-8-5-4-6-9(2)11(8)7-10(3)12(13)14/h4-7H,1-3H3/b10-7+. The lowest BCUT2D eigenvalue weighted by Crippen LogP contribution is -1.95. The van der Waals surface area contributed by atoms with Crippen molar-refractivity contribution in [3.05, 3.63) is 50.7 Å². The van der Waals surface area contributed by atoms with Gasteiger partial charge in [0.1, 0.15) is 0 Å². The highest BCUT2D eigenvalue weighted by molar-refractivity contribution is 5.58. The van der Waals surface area contributed by atoms with Crippen LogP contribution < -0.4 is 0 Å². The van der Waals surface area contributed by atoms with E-state index in [1.807, 2.05) is 32.0 Å². The molecule has 1 rings (SSSR count). The summed E-state index contributed by atoms with van der Waals surface area (Å²) in [5.74, 6) is 0. The maximum absolute atomic E-state index is 10.5. The average molecular weight is 191 g/mol. The predicted octanol–water partition coefficient (Wildman–Crippen LogP) is 2.94. The quantitative estimate of drug-likeness (QED) is 0.532. The molecule has 0 bridgehead atoms. The smallest absolute Gasteiger partial charge is 0.243 e. The molecule has 0 aromatic heterocycles. The Morgan fingerprint density at radius 1 is 1.36 bits per heavy atom. The van der Waals surface area contributed by atoms with Crippen molar-refractivity contribution in [1.82, 2.24) is 0 Å². The Bertz CT molecular complexity index is 374. The molecular weight excluding hydrogens is 178 g/mol. The average Bonchev–Trinajstić information content (AvgIpc) is 2.11. The van der Waals surface area contributed by atoms with Crippen molar-refractivity contribution in [2.75, 3.05) is 0 Å². The molecule has 0 aliphatic carbocycles. The Kier molecular flexibility index (Phi) is 3.02. The highest BCUT2D eigenvalue weighted by Gasteiger charge is 2.05. The fourth-order valence-electron chi connectivity index (χ4n) is 1.32. The SMILES string of the molecule is C/C(=C\c1c(C)cccc1C)[N+](=O)[O-]. The Balaban J connectivity index is 3.20. The van der Waals surface area contributed by atoms with Crippen LogP contribution in [-0.2, 0) is 0 Å². The summed E-state index contributed by atoms with van der Waals surface area (Å²) < 4.78 is 0. The van der Waals surface area contributed by atoms with Gasteiger partial charge in [0.15, 0.2) is 0 Å². The molecule has 1 aromatic rings. The molecule has 0 spiro atoms. The first-order valence-electron chi connectivity index (χ1n) is 4.41. The maximum atomic E-state index is 10.5. The first-order chi connectivity index (χ1) is 6.52. The largest absolute Gasteiger partial charge is 0.259 e. The zero-order valence-corrected chi connectivity index (χ0v) is 8.57. The van der Waals surface area contributed by atoms with E-state index in [-0.39, 0.29) is 10.6 Å². The van der Waals surface area contributed by atoms with Crippen molar-refractivity contribution in [1.29, 1.82) is 0 Å². The van der Waals surface area contributed by atoms with Gasteiger partial charge in [-0.15, -0.1) is 0 Å². The van der Waals surface area contributed by atoms with Gasteiger partial charge in [-0.3, -0.25) is 10.1 Å². The molecule has 0 aliphatic rings. The van der Waals surface area contributed by atoms with Gasteiger partial charge in [-0.25, -0.2) is 0 Å². The zero-order chi connectivity index (χ0) is 10.7. The van der Waals surface area contributed by atoms with Gasteiger partial charge in [0.2, 0.25) is 5.70 Å². The van der Waals surface area contributed by atoms with Crippen LogP contribution in [0.15, 0.2) is 23.9 Å². The van der Waals surface area contributed by atoms with Crippen LogP contribution in [0, 0.1) is 24.0 Å². The predicted molar refractivity (Wildman–Crippen MR) is 56.6 cm³/mol. The summed E-state index contributed by atoms with van der Waals surface area (Å²) in [7, 11) is 0. The van der Waals surface area contributed by atoms with Crippen molar-refractivity contribution >= 4 is 6.08 Å². The number of nitrogens with zero attached hydrogens (tertiary/aromatic N) is 1. The number of hydrogen-bond acceptors (Lipinski definition) is 2. The third-order valence-corrected chi connectivity index (χ3v) is 2.18. The van der Waals surface area contributed by atoms with E-state index in [0.29, 0.717) is 0 Å². The van der Waals surface area contributed by atoms with E-state index in [9.17, 15) is 10.1 Å². The molecule has 0 saturated carbocycles. The topological polar surface area (TPSA) is 43.1 Å². The van der Waals surface area contributed by atoms with Gasteiger partial charge in [0, 0.05) is 13.0 Å². The molecule has 0 heterocycles. The van der Waals surface area contributed by atoms with Crippen molar-refractivity contribution in [3.63, 3.8) is 0 Å². The summed E-state index contributed by atoms with van der Waals surface area (Å²) in [6.07, 6.45) is 1.62. The van der Waals surface area contributed by atoms with Gasteiger partial charge < -0.3 is 0 Å². The summed E-state index contributed by atoms with van der Waals surface area (Å²) in [6.45, 7) is 5.41. The monoisotopic (exact) mass is 191 g/mol. The van der Waals surface area contributed by atoms with Gasteiger partial charge in [-0.2, -0.15) is 0 Å². The summed E-state index contributed by atoms with van der Waals surface area (Å²) in [6, 6.07) is 5.85. The van der Waals surface area contributed by atoms with Gasteiger partial charge in [0.25, 0.3) is 0 Å². The molecule has 3 heteroatoms. The van der Waals surface area contributed by atoms with E-state index in [1.165, 1.54) is 6.92 Å². The van der Waals surface area contributed by atoms with E-state index in [1.54, 1.807) is 6.08 Å². The third kappa shape index (κ3) is 2.19. The molecule has 0 unspecified atom stereocenters. The fraction of sp³-hybridized carbons (Fsp3) is 0.273.